The molecule has 0 aliphatic carbocycles. The zero-order chi connectivity index (χ0) is 21.8. The molecule has 9 nitrogen and oxygen atoms in total. The SMILES string of the molecule is COc1nc2c3c(nc(Cl)c(F)c3n1)OC(C)C1CN(C(=O)OC(C)(C)C)CCN21. The van der Waals surface area contributed by atoms with Gasteiger partial charge in [-0.2, -0.15) is 15.0 Å². The summed E-state index contributed by atoms with van der Waals surface area (Å²) in [6, 6.07) is -0.266. The topological polar surface area (TPSA) is 89.9 Å². The highest BCUT2D eigenvalue weighted by Gasteiger charge is 2.41. The normalized spacial score (nSPS) is 21.0. The third-order valence-electron chi connectivity index (χ3n) is 5.04. The zero-order valence-corrected chi connectivity index (χ0v) is 18.2. The van der Waals surface area contributed by atoms with Crippen molar-refractivity contribution in [1.82, 2.24) is 19.9 Å². The number of ether oxygens (including phenoxy) is 3. The number of anilines is 1. The van der Waals surface area contributed by atoms with Crippen molar-refractivity contribution in [1.29, 1.82) is 0 Å². The highest BCUT2D eigenvalue weighted by atomic mass is 35.5. The Labute approximate surface area is 178 Å². The van der Waals surface area contributed by atoms with Gasteiger partial charge >= 0.3 is 12.1 Å². The van der Waals surface area contributed by atoms with E-state index in [2.05, 4.69) is 15.0 Å². The third kappa shape index (κ3) is 3.53. The van der Waals surface area contributed by atoms with E-state index in [9.17, 15) is 9.18 Å². The quantitative estimate of drug-likeness (QED) is 0.626. The molecule has 30 heavy (non-hydrogen) atoms. The maximum atomic E-state index is 14.7. The molecule has 4 rings (SSSR count). The zero-order valence-electron chi connectivity index (χ0n) is 17.4. The van der Waals surface area contributed by atoms with Crippen LogP contribution in [-0.4, -0.2) is 70.4 Å². The number of carbonyl (C=O) groups is 1. The molecule has 2 aliphatic rings. The highest BCUT2D eigenvalue weighted by molar-refractivity contribution is 6.30. The lowest BCUT2D eigenvalue weighted by atomic mass is 10.1. The molecule has 1 amide bonds. The van der Waals surface area contributed by atoms with Gasteiger partial charge in [-0.25, -0.2) is 9.18 Å². The Morgan fingerprint density at radius 3 is 2.67 bits per heavy atom. The fourth-order valence-electron chi connectivity index (χ4n) is 3.68. The number of fused-ring (bicyclic) bond motifs is 2. The van der Waals surface area contributed by atoms with Gasteiger partial charge in [0.2, 0.25) is 5.88 Å². The average Bonchev–Trinajstić information content (AvgIpc) is 2.79. The molecule has 0 saturated carbocycles. The largest absolute Gasteiger partial charge is 0.472 e. The van der Waals surface area contributed by atoms with Crippen molar-refractivity contribution >= 4 is 34.4 Å². The number of pyridine rings is 1. The molecule has 1 saturated heterocycles. The summed E-state index contributed by atoms with van der Waals surface area (Å²) in [6.45, 7) is 8.52. The fraction of sp³-hybridized carbons (Fsp3) is 0.579. The molecule has 2 aromatic rings. The second kappa shape index (κ2) is 7.26. The second-order valence-electron chi connectivity index (χ2n) is 8.29. The molecule has 11 heteroatoms. The summed E-state index contributed by atoms with van der Waals surface area (Å²) < 4.78 is 31.5. The lowest BCUT2D eigenvalue weighted by molar-refractivity contribution is 0.0175. The van der Waals surface area contributed by atoms with Gasteiger partial charge in [0.25, 0.3) is 0 Å². The van der Waals surface area contributed by atoms with Crippen LogP contribution in [0.3, 0.4) is 0 Å². The van der Waals surface area contributed by atoms with Crippen molar-refractivity contribution in [2.75, 3.05) is 31.6 Å². The first kappa shape index (κ1) is 20.6. The molecular weight excluding hydrogens is 417 g/mol. The molecule has 2 unspecified atom stereocenters. The molecule has 162 valence electrons. The van der Waals surface area contributed by atoms with Crippen LogP contribution in [0.15, 0.2) is 0 Å². The molecule has 2 aromatic heterocycles. The van der Waals surface area contributed by atoms with E-state index in [1.54, 1.807) is 4.90 Å². The Bertz CT molecular complexity index is 1010. The number of methoxy groups -OCH3 is 1. The number of carbonyl (C=O) groups excluding carboxylic acids is 1. The van der Waals surface area contributed by atoms with Gasteiger partial charge < -0.3 is 24.0 Å². The molecule has 4 heterocycles. The van der Waals surface area contributed by atoms with Crippen LogP contribution in [0, 0.1) is 5.82 Å². The van der Waals surface area contributed by atoms with Crippen molar-refractivity contribution < 1.29 is 23.4 Å². The van der Waals surface area contributed by atoms with Gasteiger partial charge in [0.1, 0.15) is 28.4 Å². The van der Waals surface area contributed by atoms with Crippen LogP contribution < -0.4 is 14.4 Å². The first-order valence-corrected chi connectivity index (χ1v) is 9.99. The number of nitrogens with zero attached hydrogens (tertiary/aromatic N) is 5. The van der Waals surface area contributed by atoms with Gasteiger partial charge in [0.15, 0.2) is 11.0 Å². The molecule has 2 atom stereocenters. The van der Waals surface area contributed by atoms with Gasteiger partial charge in [-0.15, -0.1) is 0 Å². The Kier molecular flexibility index (Phi) is 5.00. The molecule has 0 aromatic carbocycles. The predicted octanol–water partition coefficient (Wildman–Crippen LogP) is 3.03. The van der Waals surface area contributed by atoms with E-state index in [-0.39, 0.29) is 28.6 Å². The van der Waals surface area contributed by atoms with E-state index in [1.807, 2.05) is 32.6 Å². The molecular formula is C19H23ClFN5O4. The second-order valence-corrected chi connectivity index (χ2v) is 8.65. The van der Waals surface area contributed by atoms with Crippen molar-refractivity contribution in [2.24, 2.45) is 0 Å². The molecule has 0 radical (unpaired) electrons. The minimum absolute atomic E-state index is 0.00694. The van der Waals surface area contributed by atoms with Crippen molar-refractivity contribution in [3.8, 4) is 11.9 Å². The van der Waals surface area contributed by atoms with E-state index >= 15 is 0 Å². The summed E-state index contributed by atoms with van der Waals surface area (Å²) in [7, 11) is 1.41. The van der Waals surface area contributed by atoms with Crippen molar-refractivity contribution in [2.45, 2.75) is 45.4 Å². The monoisotopic (exact) mass is 439 g/mol. The number of hydrogen-bond acceptors (Lipinski definition) is 8. The van der Waals surface area contributed by atoms with Gasteiger partial charge in [0, 0.05) is 19.6 Å². The third-order valence-corrected chi connectivity index (χ3v) is 5.29. The van der Waals surface area contributed by atoms with Crippen LogP contribution in [0.25, 0.3) is 10.9 Å². The Balaban J connectivity index is 1.77. The molecule has 0 bridgehead atoms. The minimum Gasteiger partial charge on any atom is -0.472 e. The van der Waals surface area contributed by atoms with Crippen LogP contribution in [0.5, 0.6) is 11.9 Å². The summed E-state index contributed by atoms with van der Waals surface area (Å²) in [5, 5.41) is -0.00979. The average molecular weight is 440 g/mol. The summed E-state index contributed by atoms with van der Waals surface area (Å²) >= 11 is 5.97. The van der Waals surface area contributed by atoms with E-state index < -0.39 is 23.6 Å². The first-order chi connectivity index (χ1) is 14.1. The van der Waals surface area contributed by atoms with Crippen LogP contribution >= 0.6 is 11.6 Å². The van der Waals surface area contributed by atoms with Gasteiger partial charge in [0.05, 0.1) is 13.2 Å². The predicted molar refractivity (Wildman–Crippen MR) is 108 cm³/mol. The van der Waals surface area contributed by atoms with Crippen LogP contribution in [0.1, 0.15) is 27.7 Å². The van der Waals surface area contributed by atoms with Crippen molar-refractivity contribution in [3.05, 3.63) is 11.0 Å². The molecule has 2 aliphatic heterocycles. The Morgan fingerprint density at radius 2 is 2.00 bits per heavy atom. The fourth-order valence-corrected chi connectivity index (χ4v) is 3.85. The molecule has 0 spiro atoms. The lowest BCUT2D eigenvalue weighted by Gasteiger charge is -2.43. The summed E-state index contributed by atoms with van der Waals surface area (Å²) in [5.74, 6) is -0.174. The van der Waals surface area contributed by atoms with Gasteiger partial charge in [-0.3, -0.25) is 0 Å². The smallest absolute Gasteiger partial charge is 0.410 e. The maximum Gasteiger partial charge on any atom is 0.410 e. The maximum absolute atomic E-state index is 14.7. The standard InChI is InChI=1S/C19H23ClFN5O4/c1-9-10-8-25(18(27)30-19(2,3)4)6-7-26(10)15-11-13(22-17(24-15)28-5)12(21)14(20)23-16(11)29-9/h9-10H,6-8H2,1-5H3. The summed E-state index contributed by atoms with van der Waals surface area (Å²) in [5.41, 5.74) is -0.616. The summed E-state index contributed by atoms with van der Waals surface area (Å²) in [4.78, 5) is 28.9. The van der Waals surface area contributed by atoms with E-state index in [0.29, 0.717) is 30.8 Å². The van der Waals surface area contributed by atoms with E-state index in [1.165, 1.54) is 7.11 Å². The number of aromatic nitrogens is 3. The minimum atomic E-state index is -0.764. The highest BCUT2D eigenvalue weighted by Crippen LogP contribution is 2.41. The number of piperazine rings is 1. The van der Waals surface area contributed by atoms with E-state index in [4.69, 9.17) is 25.8 Å². The number of hydrogen-bond donors (Lipinski definition) is 0. The summed E-state index contributed by atoms with van der Waals surface area (Å²) in [6.07, 6.45) is -0.790. The lowest BCUT2D eigenvalue weighted by Crippen LogP contribution is -2.59. The number of halogens is 2. The Morgan fingerprint density at radius 1 is 1.27 bits per heavy atom. The van der Waals surface area contributed by atoms with Gasteiger partial charge in [-0.1, -0.05) is 11.6 Å². The van der Waals surface area contributed by atoms with Crippen LogP contribution in [0.4, 0.5) is 15.0 Å². The Hall–Kier alpha value is -2.62. The van der Waals surface area contributed by atoms with Gasteiger partial charge in [-0.05, 0) is 27.7 Å². The van der Waals surface area contributed by atoms with Crippen LogP contribution in [-0.2, 0) is 4.74 Å². The molecule has 1 fully saturated rings. The van der Waals surface area contributed by atoms with Crippen molar-refractivity contribution in [3.63, 3.8) is 0 Å². The van der Waals surface area contributed by atoms with E-state index in [0.717, 1.165) is 0 Å². The van der Waals surface area contributed by atoms with Crippen LogP contribution in [0.2, 0.25) is 5.15 Å². The number of amides is 1. The number of rotatable bonds is 1. The molecule has 0 N–H and O–H groups in total. The first-order valence-electron chi connectivity index (χ1n) is 9.61.